The highest BCUT2D eigenvalue weighted by Crippen LogP contribution is 2.25. The fourth-order valence-corrected chi connectivity index (χ4v) is 3.27. The molecule has 6 nitrogen and oxygen atoms in total. The Bertz CT molecular complexity index is 1070. The van der Waals surface area contributed by atoms with Crippen molar-refractivity contribution in [1.82, 2.24) is 24.3 Å². The first kappa shape index (κ1) is 16.4. The Hall–Kier alpha value is -3.06. The number of imidazole rings is 1. The van der Waals surface area contributed by atoms with Gasteiger partial charge in [0.2, 0.25) is 0 Å². The molecule has 130 valence electrons. The predicted molar refractivity (Wildman–Crippen MR) is 101 cm³/mol. The van der Waals surface area contributed by atoms with Crippen LogP contribution in [0.2, 0.25) is 0 Å². The van der Waals surface area contributed by atoms with Crippen molar-refractivity contribution in [3.63, 3.8) is 0 Å². The van der Waals surface area contributed by atoms with Crippen molar-refractivity contribution < 1.29 is 4.79 Å². The SMILES string of the molecule is Cc1ccc(-c2nc3ccc(C)cn3c2CNC(=O)c2csnn2)cc1. The number of hydrogen-bond acceptors (Lipinski definition) is 5. The van der Waals surface area contributed by atoms with Crippen LogP contribution in [-0.4, -0.2) is 24.9 Å². The molecule has 3 aromatic heterocycles. The van der Waals surface area contributed by atoms with Crippen LogP contribution >= 0.6 is 11.5 Å². The molecular weight excluding hydrogens is 346 g/mol. The summed E-state index contributed by atoms with van der Waals surface area (Å²) in [5, 5.41) is 8.38. The van der Waals surface area contributed by atoms with Crippen LogP contribution < -0.4 is 5.32 Å². The third-order valence-electron chi connectivity index (χ3n) is 4.20. The number of aromatic nitrogens is 4. The van der Waals surface area contributed by atoms with E-state index in [1.807, 2.05) is 29.7 Å². The number of carbonyl (C=O) groups excluding carboxylic acids is 1. The van der Waals surface area contributed by atoms with Gasteiger partial charge in [-0.25, -0.2) is 4.98 Å². The van der Waals surface area contributed by atoms with Gasteiger partial charge in [-0.05, 0) is 37.0 Å². The maximum atomic E-state index is 12.3. The molecule has 0 aliphatic carbocycles. The van der Waals surface area contributed by atoms with Crippen molar-refractivity contribution in [3.8, 4) is 11.3 Å². The van der Waals surface area contributed by atoms with Gasteiger partial charge in [-0.15, -0.1) is 5.10 Å². The summed E-state index contributed by atoms with van der Waals surface area (Å²) >= 11 is 1.16. The first-order valence-electron chi connectivity index (χ1n) is 8.22. The van der Waals surface area contributed by atoms with Gasteiger partial charge in [0, 0.05) is 17.1 Å². The third kappa shape index (κ3) is 3.09. The Morgan fingerprint density at radius 1 is 1.12 bits per heavy atom. The van der Waals surface area contributed by atoms with Crippen molar-refractivity contribution >= 4 is 23.1 Å². The molecule has 0 spiro atoms. The van der Waals surface area contributed by atoms with E-state index < -0.39 is 0 Å². The summed E-state index contributed by atoms with van der Waals surface area (Å²) in [6, 6.07) is 12.3. The lowest BCUT2D eigenvalue weighted by Crippen LogP contribution is -2.24. The Labute approximate surface area is 154 Å². The molecule has 26 heavy (non-hydrogen) atoms. The molecule has 0 fully saturated rings. The second-order valence-electron chi connectivity index (χ2n) is 6.18. The second kappa shape index (κ2) is 6.68. The number of carbonyl (C=O) groups is 1. The molecule has 0 bridgehead atoms. The number of hydrogen-bond donors (Lipinski definition) is 1. The number of aryl methyl sites for hydroxylation is 2. The lowest BCUT2D eigenvalue weighted by atomic mass is 10.1. The first-order chi connectivity index (χ1) is 12.6. The summed E-state index contributed by atoms with van der Waals surface area (Å²) in [7, 11) is 0. The Morgan fingerprint density at radius 3 is 2.62 bits per heavy atom. The standard InChI is InChI=1S/C19H17N5OS/c1-12-3-6-14(7-4-12)18-16(9-20-19(25)15-11-26-23-22-15)24-10-13(2)5-8-17(24)21-18/h3-8,10-11H,9H2,1-2H3,(H,20,25). The average molecular weight is 363 g/mol. The number of benzene rings is 1. The molecule has 1 N–H and O–H groups in total. The zero-order chi connectivity index (χ0) is 18.1. The van der Waals surface area contributed by atoms with E-state index in [2.05, 4.69) is 46.1 Å². The summed E-state index contributed by atoms with van der Waals surface area (Å²) in [6.07, 6.45) is 2.03. The summed E-state index contributed by atoms with van der Waals surface area (Å²) in [5.74, 6) is -0.240. The first-order valence-corrected chi connectivity index (χ1v) is 9.05. The van der Waals surface area contributed by atoms with Gasteiger partial charge in [0.05, 0.1) is 17.9 Å². The summed E-state index contributed by atoms with van der Waals surface area (Å²) in [4.78, 5) is 17.0. The van der Waals surface area contributed by atoms with Gasteiger partial charge in [-0.3, -0.25) is 4.79 Å². The minimum absolute atomic E-state index is 0.240. The molecule has 0 aliphatic rings. The van der Waals surface area contributed by atoms with Gasteiger partial charge in [-0.2, -0.15) is 0 Å². The molecule has 0 aliphatic heterocycles. The van der Waals surface area contributed by atoms with Gasteiger partial charge in [0.15, 0.2) is 5.69 Å². The maximum absolute atomic E-state index is 12.3. The number of pyridine rings is 1. The average Bonchev–Trinajstić information content (AvgIpc) is 3.28. The highest BCUT2D eigenvalue weighted by Gasteiger charge is 2.16. The van der Waals surface area contributed by atoms with Crippen molar-refractivity contribution in [3.05, 3.63) is 70.5 Å². The van der Waals surface area contributed by atoms with E-state index in [0.29, 0.717) is 12.2 Å². The second-order valence-corrected chi connectivity index (χ2v) is 6.79. The van der Waals surface area contributed by atoms with Crippen molar-refractivity contribution in [2.75, 3.05) is 0 Å². The molecule has 1 amide bonds. The maximum Gasteiger partial charge on any atom is 0.273 e. The predicted octanol–water partition coefficient (Wildman–Crippen LogP) is 3.40. The number of nitrogens with one attached hydrogen (secondary N) is 1. The smallest absolute Gasteiger partial charge is 0.273 e. The lowest BCUT2D eigenvalue weighted by Gasteiger charge is -2.07. The molecule has 0 unspecified atom stereocenters. The molecular formula is C19H17N5OS. The van der Waals surface area contributed by atoms with Crippen LogP contribution in [0.5, 0.6) is 0 Å². The highest BCUT2D eigenvalue weighted by molar-refractivity contribution is 7.03. The molecule has 4 rings (SSSR count). The van der Waals surface area contributed by atoms with Crippen molar-refractivity contribution in [1.29, 1.82) is 0 Å². The van der Waals surface area contributed by atoms with E-state index in [-0.39, 0.29) is 5.91 Å². The van der Waals surface area contributed by atoms with Crippen LogP contribution in [0.15, 0.2) is 48.0 Å². The molecule has 4 aromatic rings. The monoisotopic (exact) mass is 363 g/mol. The van der Waals surface area contributed by atoms with E-state index in [4.69, 9.17) is 4.98 Å². The zero-order valence-corrected chi connectivity index (χ0v) is 15.2. The topological polar surface area (TPSA) is 72.2 Å². The van der Waals surface area contributed by atoms with E-state index in [0.717, 1.165) is 39.7 Å². The minimum Gasteiger partial charge on any atom is -0.345 e. The van der Waals surface area contributed by atoms with Crippen LogP contribution in [0, 0.1) is 13.8 Å². The molecule has 1 aromatic carbocycles. The summed E-state index contributed by atoms with van der Waals surface area (Å²) in [6.45, 7) is 4.44. The number of amides is 1. The Kier molecular flexibility index (Phi) is 4.22. The van der Waals surface area contributed by atoms with Gasteiger partial charge in [0.1, 0.15) is 5.65 Å². The normalized spacial score (nSPS) is 11.0. The summed E-state index contributed by atoms with van der Waals surface area (Å²) < 4.78 is 5.77. The molecule has 7 heteroatoms. The fourth-order valence-electron chi connectivity index (χ4n) is 2.83. The molecule has 0 radical (unpaired) electrons. The van der Waals surface area contributed by atoms with Crippen molar-refractivity contribution in [2.24, 2.45) is 0 Å². The van der Waals surface area contributed by atoms with E-state index in [1.165, 1.54) is 5.56 Å². The summed E-state index contributed by atoms with van der Waals surface area (Å²) in [5.41, 5.74) is 6.33. The van der Waals surface area contributed by atoms with Gasteiger partial charge in [0.25, 0.3) is 5.91 Å². The Balaban J connectivity index is 1.75. The van der Waals surface area contributed by atoms with E-state index >= 15 is 0 Å². The third-order valence-corrected chi connectivity index (χ3v) is 4.70. The fraction of sp³-hybridized carbons (Fsp3) is 0.158. The highest BCUT2D eigenvalue weighted by atomic mass is 32.1. The molecule has 0 atom stereocenters. The van der Waals surface area contributed by atoms with Gasteiger partial charge in [-0.1, -0.05) is 40.4 Å². The van der Waals surface area contributed by atoms with Crippen LogP contribution in [-0.2, 0) is 6.54 Å². The Morgan fingerprint density at radius 2 is 1.88 bits per heavy atom. The van der Waals surface area contributed by atoms with Crippen LogP contribution in [0.1, 0.15) is 27.3 Å². The van der Waals surface area contributed by atoms with E-state index in [1.54, 1.807) is 5.38 Å². The molecule has 0 saturated carbocycles. The van der Waals surface area contributed by atoms with E-state index in [9.17, 15) is 4.79 Å². The quantitative estimate of drug-likeness (QED) is 0.603. The largest absolute Gasteiger partial charge is 0.345 e. The van der Waals surface area contributed by atoms with Gasteiger partial charge < -0.3 is 9.72 Å². The number of nitrogens with zero attached hydrogens (tertiary/aromatic N) is 4. The van der Waals surface area contributed by atoms with Crippen molar-refractivity contribution in [2.45, 2.75) is 20.4 Å². The number of rotatable bonds is 4. The lowest BCUT2D eigenvalue weighted by molar-refractivity contribution is 0.0945. The minimum atomic E-state index is -0.240. The van der Waals surface area contributed by atoms with Crippen LogP contribution in [0.25, 0.3) is 16.9 Å². The molecule has 0 saturated heterocycles. The molecule has 3 heterocycles. The number of fused-ring (bicyclic) bond motifs is 1. The van der Waals surface area contributed by atoms with Gasteiger partial charge >= 0.3 is 0 Å². The zero-order valence-electron chi connectivity index (χ0n) is 14.4. The van der Waals surface area contributed by atoms with Crippen LogP contribution in [0.4, 0.5) is 0 Å². The van der Waals surface area contributed by atoms with Crippen LogP contribution in [0.3, 0.4) is 0 Å².